The van der Waals surface area contributed by atoms with E-state index in [2.05, 4.69) is 30.5 Å². The summed E-state index contributed by atoms with van der Waals surface area (Å²) in [5.74, 6) is 0.526. The molecule has 0 radical (unpaired) electrons. The lowest BCUT2D eigenvalue weighted by molar-refractivity contribution is 0.0671. The second-order valence-electron chi connectivity index (χ2n) is 9.32. The minimum atomic E-state index is -0.147. The Bertz CT molecular complexity index is 951. The molecule has 1 aliphatic heterocycles. The molecule has 31 heavy (non-hydrogen) atoms. The fourth-order valence-electron chi connectivity index (χ4n) is 4.76. The van der Waals surface area contributed by atoms with Crippen LogP contribution in [0.15, 0.2) is 48.5 Å². The molecule has 1 heterocycles. The maximum Gasteiger partial charge on any atom is 0.315 e. The van der Waals surface area contributed by atoms with Crippen molar-refractivity contribution in [2.75, 3.05) is 13.1 Å². The van der Waals surface area contributed by atoms with Crippen LogP contribution in [-0.2, 0) is 6.54 Å². The zero-order chi connectivity index (χ0) is 22.0. The predicted octanol–water partition coefficient (Wildman–Crippen LogP) is 4.96. The topological polar surface area (TPSA) is 61.4 Å². The number of urea groups is 1. The predicted molar refractivity (Wildman–Crippen MR) is 123 cm³/mol. The average molecular weight is 440 g/mol. The largest absolute Gasteiger partial charge is 0.338 e. The molecule has 1 saturated heterocycles. The molecular weight excluding hydrogens is 410 g/mol. The highest BCUT2D eigenvalue weighted by molar-refractivity contribution is 6.30. The van der Waals surface area contributed by atoms with Crippen molar-refractivity contribution in [3.63, 3.8) is 0 Å². The molecule has 2 fully saturated rings. The lowest BCUT2D eigenvalue weighted by Gasteiger charge is -2.45. The Morgan fingerprint density at radius 2 is 1.90 bits per heavy atom. The number of nitrogens with zero attached hydrogens (tertiary/aromatic N) is 1. The minimum Gasteiger partial charge on any atom is -0.338 e. The van der Waals surface area contributed by atoms with Crippen LogP contribution in [0.2, 0.25) is 5.02 Å². The van der Waals surface area contributed by atoms with Crippen molar-refractivity contribution >= 4 is 23.5 Å². The zero-order valence-corrected chi connectivity index (χ0v) is 18.9. The van der Waals surface area contributed by atoms with E-state index in [0.29, 0.717) is 17.5 Å². The summed E-state index contributed by atoms with van der Waals surface area (Å²) < 4.78 is 0. The van der Waals surface area contributed by atoms with Crippen molar-refractivity contribution in [3.8, 4) is 0 Å². The van der Waals surface area contributed by atoms with Gasteiger partial charge >= 0.3 is 6.03 Å². The molecule has 2 aromatic rings. The van der Waals surface area contributed by atoms with E-state index < -0.39 is 0 Å². The molecule has 1 saturated carbocycles. The monoisotopic (exact) mass is 439 g/mol. The summed E-state index contributed by atoms with van der Waals surface area (Å²) in [7, 11) is 0. The number of amides is 3. The molecule has 1 spiro atoms. The molecule has 0 aromatic heterocycles. The molecule has 2 aliphatic rings. The second-order valence-corrected chi connectivity index (χ2v) is 9.75. The molecular formula is C25H30ClN3O2. The smallest absolute Gasteiger partial charge is 0.315 e. The molecule has 164 valence electrons. The van der Waals surface area contributed by atoms with Crippen molar-refractivity contribution < 1.29 is 9.59 Å². The number of nitrogens with one attached hydrogen (secondary N) is 2. The van der Waals surface area contributed by atoms with E-state index in [-0.39, 0.29) is 23.4 Å². The van der Waals surface area contributed by atoms with Gasteiger partial charge in [0.2, 0.25) is 0 Å². The first-order chi connectivity index (χ1) is 14.8. The molecule has 4 rings (SSSR count). The molecule has 2 N–H and O–H groups in total. The van der Waals surface area contributed by atoms with E-state index in [9.17, 15) is 9.59 Å². The molecule has 2 aromatic carbocycles. The number of hydrogen-bond acceptors (Lipinski definition) is 2. The van der Waals surface area contributed by atoms with Gasteiger partial charge in [0.1, 0.15) is 0 Å². The van der Waals surface area contributed by atoms with Crippen LogP contribution in [0.25, 0.3) is 0 Å². The van der Waals surface area contributed by atoms with Gasteiger partial charge in [-0.1, -0.05) is 49.7 Å². The Labute approximate surface area is 189 Å². The quantitative estimate of drug-likeness (QED) is 0.691. The molecule has 5 nitrogen and oxygen atoms in total. The van der Waals surface area contributed by atoms with E-state index in [4.69, 9.17) is 11.6 Å². The Morgan fingerprint density at radius 1 is 1.16 bits per heavy atom. The van der Waals surface area contributed by atoms with Gasteiger partial charge < -0.3 is 15.5 Å². The summed E-state index contributed by atoms with van der Waals surface area (Å²) in [5, 5.41) is 6.65. The number of halogens is 1. The minimum absolute atomic E-state index is 0.122. The third-order valence-corrected chi connectivity index (χ3v) is 6.84. The van der Waals surface area contributed by atoms with Gasteiger partial charge in [-0.2, -0.15) is 0 Å². The molecule has 3 amide bonds. The van der Waals surface area contributed by atoms with Crippen LogP contribution in [0.1, 0.15) is 60.5 Å². The highest BCUT2D eigenvalue weighted by Gasteiger charge is 2.49. The van der Waals surface area contributed by atoms with Crippen LogP contribution in [0.4, 0.5) is 4.79 Å². The van der Waals surface area contributed by atoms with Crippen molar-refractivity contribution in [2.45, 2.75) is 51.6 Å². The summed E-state index contributed by atoms with van der Waals surface area (Å²) in [6.07, 6.45) is 2.86. The Hall–Kier alpha value is -2.53. The highest BCUT2D eigenvalue weighted by atomic mass is 35.5. The fraction of sp³-hybridized carbons (Fsp3) is 0.440. The lowest BCUT2D eigenvalue weighted by Crippen LogP contribution is -2.54. The summed E-state index contributed by atoms with van der Waals surface area (Å²) in [6.45, 7) is 6.32. The van der Waals surface area contributed by atoms with Gasteiger partial charge in [0, 0.05) is 36.3 Å². The van der Waals surface area contributed by atoms with E-state index in [1.807, 2.05) is 47.4 Å². The summed E-state index contributed by atoms with van der Waals surface area (Å²) in [6, 6.07) is 15.5. The first-order valence-electron chi connectivity index (χ1n) is 11.0. The SMILES string of the molecule is CC(C)c1cccc(C(=O)N2CCC3(CC(NC(=O)NCc4ccc(Cl)cc4)C3)C2)c1. The van der Waals surface area contributed by atoms with Crippen LogP contribution < -0.4 is 10.6 Å². The maximum atomic E-state index is 13.0. The van der Waals surface area contributed by atoms with Crippen LogP contribution in [-0.4, -0.2) is 36.0 Å². The van der Waals surface area contributed by atoms with Crippen LogP contribution in [0.5, 0.6) is 0 Å². The van der Waals surface area contributed by atoms with Crippen LogP contribution >= 0.6 is 11.6 Å². The van der Waals surface area contributed by atoms with Gasteiger partial charge in [0.05, 0.1) is 0 Å². The van der Waals surface area contributed by atoms with E-state index in [1.165, 1.54) is 5.56 Å². The van der Waals surface area contributed by atoms with Gasteiger partial charge in [0.15, 0.2) is 0 Å². The number of rotatable bonds is 5. The van der Waals surface area contributed by atoms with Gasteiger partial charge in [-0.15, -0.1) is 0 Å². The van der Waals surface area contributed by atoms with E-state index >= 15 is 0 Å². The van der Waals surface area contributed by atoms with E-state index in [0.717, 1.165) is 43.5 Å². The summed E-state index contributed by atoms with van der Waals surface area (Å²) in [5.41, 5.74) is 3.13. The van der Waals surface area contributed by atoms with Gasteiger partial charge in [-0.05, 0) is 66.0 Å². The fourth-order valence-corrected chi connectivity index (χ4v) is 4.89. The number of carbonyl (C=O) groups is 2. The van der Waals surface area contributed by atoms with Crippen molar-refractivity contribution in [3.05, 3.63) is 70.2 Å². The van der Waals surface area contributed by atoms with Crippen LogP contribution in [0.3, 0.4) is 0 Å². The van der Waals surface area contributed by atoms with Gasteiger partial charge in [0.25, 0.3) is 5.91 Å². The van der Waals surface area contributed by atoms with Gasteiger partial charge in [-0.3, -0.25) is 4.79 Å². The Balaban J connectivity index is 1.24. The molecule has 0 bridgehead atoms. The summed E-state index contributed by atoms with van der Waals surface area (Å²) in [4.78, 5) is 27.2. The van der Waals surface area contributed by atoms with Gasteiger partial charge in [-0.25, -0.2) is 4.79 Å². The van der Waals surface area contributed by atoms with Crippen molar-refractivity contribution in [2.24, 2.45) is 5.41 Å². The van der Waals surface area contributed by atoms with E-state index in [1.54, 1.807) is 0 Å². The molecule has 0 unspecified atom stereocenters. The summed E-state index contributed by atoms with van der Waals surface area (Å²) >= 11 is 5.89. The van der Waals surface area contributed by atoms with Crippen molar-refractivity contribution in [1.82, 2.24) is 15.5 Å². The normalized spacial score (nSPS) is 22.5. The molecule has 0 atom stereocenters. The molecule has 1 aliphatic carbocycles. The number of likely N-dealkylation sites (tertiary alicyclic amines) is 1. The second kappa shape index (κ2) is 8.91. The first-order valence-corrected chi connectivity index (χ1v) is 11.4. The zero-order valence-electron chi connectivity index (χ0n) is 18.2. The first kappa shape index (κ1) is 21.7. The Morgan fingerprint density at radius 3 is 2.61 bits per heavy atom. The number of carbonyl (C=O) groups excluding carboxylic acids is 2. The lowest BCUT2D eigenvalue weighted by atomic mass is 9.65. The maximum absolute atomic E-state index is 13.0. The molecule has 6 heteroatoms. The number of benzene rings is 2. The third-order valence-electron chi connectivity index (χ3n) is 6.59. The third kappa shape index (κ3) is 5.04. The average Bonchev–Trinajstić information content (AvgIpc) is 3.18. The van der Waals surface area contributed by atoms with Crippen LogP contribution in [0, 0.1) is 5.41 Å². The Kier molecular flexibility index (Phi) is 6.24. The van der Waals surface area contributed by atoms with Crippen molar-refractivity contribution in [1.29, 1.82) is 0 Å². The number of hydrogen-bond donors (Lipinski definition) is 2. The highest BCUT2D eigenvalue weighted by Crippen LogP contribution is 2.48. The standard InChI is InChI=1S/C25H30ClN3O2/c1-17(2)19-4-3-5-20(12-19)23(30)29-11-10-25(16-29)13-22(14-25)28-24(31)27-15-18-6-8-21(26)9-7-18/h3-9,12,17,22H,10-11,13-16H2,1-2H3,(H2,27,28,31).